The highest BCUT2D eigenvalue weighted by molar-refractivity contribution is 7.88. The summed E-state index contributed by atoms with van der Waals surface area (Å²) in [6.45, 7) is 0.834. The maximum Gasteiger partial charge on any atom is 0.211 e. The SMILES string of the molecule is CS(=O)(=O)N1CCC(Oc2cc(-c3ccc(C#N)c(F)c3)cc3ccncc23)CC1. The normalized spacial score (nSPS) is 15.8. The lowest BCUT2D eigenvalue weighted by Crippen LogP contribution is -2.41. The van der Waals surface area contributed by atoms with Crippen LogP contribution in [0.2, 0.25) is 0 Å². The van der Waals surface area contributed by atoms with Gasteiger partial charge in [-0.05, 0) is 59.7 Å². The van der Waals surface area contributed by atoms with Crippen molar-refractivity contribution in [2.75, 3.05) is 19.3 Å². The van der Waals surface area contributed by atoms with Crippen molar-refractivity contribution in [2.45, 2.75) is 18.9 Å². The van der Waals surface area contributed by atoms with Crippen molar-refractivity contribution in [3.63, 3.8) is 0 Å². The number of halogens is 1. The van der Waals surface area contributed by atoms with Crippen LogP contribution in [-0.2, 0) is 10.0 Å². The first-order valence-corrected chi connectivity index (χ1v) is 11.4. The number of nitriles is 1. The lowest BCUT2D eigenvalue weighted by Gasteiger charge is -2.30. The number of piperidine rings is 1. The molecule has 0 aliphatic carbocycles. The molecule has 30 heavy (non-hydrogen) atoms. The Morgan fingerprint density at radius 3 is 2.60 bits per heavy atom. The molecule has 1 aliphatic heterocycles. The molecule has 4 rings (SSSR count). The van der Waals surface area contributed by atoms with Crippen LogP contribution in [0.25, 0.3) is 21.9 Å². The van der Waals surface area contributed by atoms with Crippen molar-refractivity contribution in [3.8, 4) is 22.9 Å². The molecule has 154 valence electrons. The predicted octanol–water partition coefficient (Wildman–Crippen LogP) is 3.72. The molecule has 0 saturated carbocycles. The molecule has 1 aliphatic rings. The van der Waals surface area contributed by atoms with E-state index in [1.165, 1.54) is 22.7 Å². The number of ether oxygens (including phenoxy) is 1. The molecule has 2 aromatic carbocycles. The molecule has 0 spiro atoms. The molecule has 0 N–H and O–H groups in total. The Labute approximate surface area is 174 Å². The minimum atomic E-state index is -3.20. The number of aromatic nitrogens is 1. The van der Waals surface area contributed by atoms with Crippen molar-refractivity contribution in [2.24, 2.45) is 0 Å². The van der Waals surface area contributed by atoms with Gasteiger partial charge in [-0.25, -0.2) is 17.1 Å². The van der Waals surface area contributed by atoms with Crippen LogP contribution in [0.15, 0.2) is 48.8 Å². The van der Waals surface area contributed by atoms with E-state index in [0.717, 1.165) is 16.3 Å². The van der Waals surface area contributed by atoms with Gasteiger partial charge < -0.3 is 4.74 Å². The summed E-state index contributed by atoms with van der Waals surface area (Å²) in [5.41, 5.74) is 1.40. The second-order valence-electron chi connectivity index (χ2n) is 7.36. The third-order valence-electron chi connectivity index (χ3n) is 5.30. The summed E-state index contributed by atoms with van der Waals surface area (Å²) in [5, 5.41) is 10.7. The lowest BCUT2D eigenvalue weighted by atomic mass is 10.00. The van der Waals surface area contributed by atoms with Gasteiger partial charge in [0.25, 0.3) is 0 Å². The molecule has 0 amide bonds. The topological polar surface area (TPSA) is 83.3 Å². The Kier molecular flexibility index (Phi) is 5.41. The van der Waals surface area contributed by atoms with Crippen LogP contribution in [0.1, 0.15) is 18.4 Å². The fourth-order valence-electron chi connectivity index (χ4n) is 3.68. The smallest absolute Gasteiger partial charge is 0.211 e. The summed E-state index contributed by atoms with van der Waals surface area (Å²) < 4.78 is 45.3. The highest BCUT2D eigenvalue weighted by atomic mass is 32.2. The highest BCUT2D eigenvalue weighted by Crippen LogP contribution is 2.34. The number of sulfonamides is 1. The molecule has 0 unspecified atom stereocenters. The number of hydrogen-bond acceptors (Lipinski definition) is 5. The van der Waals surface area contributed by atoms with E-state index in [4.69, 9.17) is 10.00 Å². The minimum absolute atomic E-state index is 0.00199. The van der Waals surface area contributed by atoms with Crippen molar-refractivity contribution >= 4 is 20.8 Å². The van der Waals surface area contributed by atoms with E-state index < -0.39 is 15.8 Å². The summed E-state index contributed by atoms with van der Waals surface area (Å²) in [4.78, 5) is 4.19. The Morgan fingerprint density at radius 1 is 1.17 bits per heavy atom. The number of hydrogen-bond donors (Lipinski definition) is 0. The molecular weight excluding hydrogens is 405 g/mol. The standard InChI is InChI=1S/C22H20FN3O3S/c1-30(27,28)26-8-5-19(6-9-26)29-22-12-18(10-16-4-7-25-14-20(16)22)15-2-3-17(13-24)21(23)11-15/h2-4,7,10-12,14,19H,5-6,8-9H2,1H3. The van der Waals surface area contributed by atoms with Gasteiger partial charge in [-0.3, -0.25) is 4.98 Å². The average molecular weight is 425 g/mol. The quantitative estimate of drug-likeness (QED) is 0.636. The van der Waals surface area contributed by atoms with Crippen LogP contribution < -0.4 is 4.74 Å². The molecule has 0 radical (unpaired) electrons. The van der Waals surface area contributed by atoms with Gasteiger partial charge in [0, 0.05) is 30.9 Å². The first-order chi connectivity index (χ1) is 14.3. The van der Waals surface area contributed by atoms with Crippen molar-refractivity contribution in [3.05, 3.63) is 60.2 Å². The fourth-order valence-corrected chi connectivity index (χ4v) is 4.55. The maximum atomic E-state index is 14.1. The van der Waals surface area contributed by atoms with Gasteiger partial charge in [-0.2, -0.15) is 5.26 Å². The third-order valence-corrected chi connectivity index (χ3v) is 6.61. The fraction of sp³-hybridized carbons (Fsp3) is 0.273. The van der Waals surface area contributed by atoms with Crippen LogP contribution in [0.4, 0.5) is 4.39 Å². The zero-order valence-corrected chi connectivity index (χ0v) is 17.2. The van der Waals surface area contributed by atoms with E-state index in [0.29, 0.717) is 37.2 Å². The van der Waals surface area contributed by atoms with Crippen LogP contribution in [-0.4, -0.2) is 43.2 Å². The van der Waals surface area contributed by atoms with E-state index >= 15 is 0 Å². The first-order valence-electron chi connectivity index (χ1n) is 9.55. The highest BCUT2D eigenvalue weighted by Gasteiger charge is 2.26. The zero-order chi connectivity index (χ0) is 21.3. The summed E-state index contributed by atoms with van der Waals surface area (Å²) in [7, 11) is -3.20. The molecule has 1 aromatic heterocycles. The Hall–Kier alpha value is -3.02. The van der Waals surface area contributed by atoms with Gasteiger partial charge >= 0.3 is 0 Å². The van der Waals surface area contributed by atoms with Gasteiger partial charge in [-0.15, -0.1) is 0 Å². The Morgan fingerprint density at radius 2 is 1.93 bits per heavy atom. The monoisotopic (exact) mass is 425 g/mol. The third kappa shape index (κ3) is 4.13. The molecule has 2 heterocycles. The predicted molar refractivity (Wildman–Crippen MR) is 112 cm³/mol. The first kappa shape index (κ1) is 20.3. The number of fused-ring (bicyclic) bond motifs is 1. The molecule has 6 nitrogen and oxygen atoms in total. The van der Waals surface area contributed by atoms with E-state index in [1.54, 1.807) is 18.5 Å². The molecule has 1 fully saturated rings. The summed E-state index contributed by atoms with van der Waals surface area (Å²) in [6, 6.07) is 12.0. The van der Waals surface area contributed by atoms with Crippen molar-refractivity contribution < 1.29 is 17.5 Å². The molecule has 3 aromatic rings. The zero-order valence-electron chi connectivity index (χ0n) is 16.4. The summed E-state index contributed by atoms with van der Waals surface area (Å²) in [6.07, 6.45) is 5.67. The van der Waals surface area contributed by atoms with E-state index in [2.05, 4.69) is 4.98 Å². The number of benzene rings is 2. The van der Waals surface area contributed by atoms with Crippen LogP contribution in [0, 0.1) is 17.1 Å². The van der Waals surface area contributed by atoms with Crippen molar-refractivity contribution in [1.29, 1.82) is 5.26 Å². The number of pyridine rings is 1. The van der Waals surface area contributed by atoms with Crippen molar-refractivity contribution in [1.82, 2.24) is 9.29 Å². The van der Waals surface area contributed by atoms with E-state index in [-0.39, 0.29) is 11.7 Å². The molecule has 0 bridgehead atoms. The van der Waals surface area contributed by atoms with E-state index in [1.807, 2.05) is 24.3 Å². The van der Waals surface area contributed by atoms with Crippen LogP contribution >= 0.6 is 0 Å². The van der Waals surface area contributed by atoms with Gasteiger partial charge in [0.05, 0.1) is 11.8 Å². The van der Waals surface area contributed by atoms with Gasteiger partial charge in [-0.1, -0.05) is 6.07 Å². The van der Waals surface area contributed by atoms with Gasteiger partial charge in [0.1, 0.15) is 23.7 Å². The molecular formula is C22H20FN3O3S. The average Bonchev–Trinajstić information content (AvgIpc) is 2.73. The number of rotatable bonds is 4. The molecule has 0 atom stereocenters. The number of nitrogens with zero attached hydrogens (tertiary/aromatic N) is 3. The Bertz CT molecular complexity index is 1250. The molecule has 8 heteroatoms. The second-order valence-corrected chi connectivity index (χ2v) is 9.34. The summed E-state index contributed by atoms with van der Waals surface area (Å²) >= 11 is 0. The van der Waals surface area contributed by atoms with Gasteiger partial charge in [0.15, 0.2) is 0 Å². The lowest BCUT2D eigenvalue weighted by molar-refractivity contribution is 0.137. The Balaban J connectivity index is 1.66. The van der Waals surface area contributed by atoms with E-state index in [9.17, 15) is 12.8 Å². The summed E-state index contributed by atoms with van der Waals surface area (Å²) in [5.74, 6) is 0.0543. The minimum Gasteiger partial charge on any atom is -0.490 e. The molecule has 1 saturated heterocycles. The largest absolute Gasteiger partial charge is 0.490 e. The van der Waals surface area contributed by atoms with Crippen LogP contribution in [0.3, 0.4) is 0 Å². The van der Waals surface area contributed by atoms with Gasteiger partial charge in [0.2, 0.25) is 10.0 Å². The second kappa shape index (κ2) is 8.01. The maximum absolute atomic E-state index is 14.1. The van der Waals surface area contributed by atoms with Crippen LogP contribution in [0.5, 0.6) is 5.75 Å².